The van der Waals surface area contributed by atoms with Crippen LogP contribution < -0.4 is 0 Å². The lowest BCUT2D eigenvalue weighted by Gasteiger charge is -2.12. The van der Waals surface area contributed by atoms with Gasteiger partial charge in [0, 0.05) is 78.0 Å². The Kier molecular flexibility index (Phi) is 13.0. The number of pyridine rings is 2. The summed E-state index contributed by atoms with van der Waals surface area (Å²) in [5.41, 5.74) is 22.0. The molecule has 0 aliphatic rings. The molecular weight excluding hydrogens is 1220 g/mol. The van der Waals surface area contributed by atoms with E-state index in [2.05, 4.69) is 279 Å². The van der Waals surface area contributed by atoms with Gasteiger partial charge in [-0.15, -0.1) is 0 Å². The summed E-state index contributed by atoms with van der Waals surface area (Å²) in [5, 5.41) is 9.13. The molecule has 0 atom stereocenters. The number of hydrogen-bond donors (Lipinski definition) is 0. The minimum Gasteiger partial charge on any atom is -0.309 e. The van der Waals surface area contributed by atoms with E-state index < -0.39 is 0 Å². The standard InChI is InChI=1S/C89H55N11/c1-4-20-57(21-5-1)86-94-87(96-89(95-86)99-80-33-15-12-28-68(80)71-53-62(41-46-83(71)99)60-39-43-81-69(51-60)66-26-10-13-31-78(66)97(81)64-22-6-2-7-23-64)58-36-34-56(35-37-58)59-38-45-84-72(50-59)73-54-63(61-40-44-82-70(52-61)67-27-11-14-32-79(67)98(82)65-24-8-3-9-25-65)42-47-85(73)100(84)88-92-76(74-29-16-18-48-90-74)55-77(93-88)75-30-17-19-49-91-75/h1-55H. The first-order valence-electron chi connectivity index (χ1n) is 33.5. The van der Waals surface area contributed by atoms with Gasteiger partial charge in [-0.1, -0.05) is 188 Å². The molecule has 0 N–H and O–H groups in total. The zero-order valence-electron chi connectivity index (χ0n) is 53.7. The fourth-order valence-corrected chi connectivity index (χ4v) is 14.9. The normalized spacial score (nSPS) is 11.8. The van der Waals surface area contributed by atoms with Gasteiger partial charge in [0.2, 0.25) is 11.9 Å². The SMILES string of the molecule is c1ccc(-c2nc(-c3ccc(-c4ccc5c(c4)c4cc(-c6ccc7c(c6)c6ccccc6n7-c6ccccc6)ccc4n5-c4nc(-c5ccccn5)cc(-c5ccccn5)n4)cc3)nc(-n3c4ccccc4c4cc(-c5ccc6c(c5)c5ccccc5n6-c5ccccc5)ccc43)n2)cc1. The van der Waals surface area contributed by atoms with Gasteiger partial charge in [-0.05, 0) is 167 Å². The number of rotatable bonds is 11. The minimum absolute atomic E-state index is 0.513. The van der Waals surface area contributed by atoms with Crippen molar-refractivity contribution in [2.75, 3.05) is 0 Å². The third kappa shape index (κ3) is 9.32. The van der Waals surface area contributed by atoms with Crippen LogP contribution in [0.3, 0.4) is 0 Å². The molecule has 0 radical (unpaired) electrons. The molecule has 20 aromatic rings. The van der Waals surface area contributed by atoms with Crippen LogP contribution in [0.2, 0.25) is 0 Å². The molecule has 11 heteroatoms. The lowest BCUT2D eigenvalue weighted by molar-refractivity contribution is 0.953. The van der Waals surface area contributed by atoms with E-state index in [-0.39, 0.29) is 0 Å². The predicted molar refractivity (Wildman–Crippen MR) is 406 cm³/mol. The molecule has 0 aliphatic heterocycles. The van der Waals surface area contributed by atoms with E-state index in [1.165, 1.54) is 32.6 Å². The second-order valence-corrected chi connectivity index (χ2v) is 25.3. The summed E-state index contributed by atoms with van der Waals surface area (Å²) in [6, 6.07) is 114. The molecule has 12 aromatic carbocycles. The number of aromatic nitrogens is 11. The van der Waals surface area contributed by atoms with Gasteiger partial charge >= 0.3 is 0 Å². The number of nitrogens with zero attached hydrogens (tertiary/aromatic N) is 11. The Morgan fingerprint density at radius 2 is 0.480 bits per heavy atom. The predicted octanol–water partition coefficient (Wildman–Crippen LogP) is 21.5. The average Bonchev–Trinajstić information content (AvgIpc) is 1.59. The zero-order chi connectivity index (χ0) is 65.8. The smallest absolute Gasteiger partial charge is 0.238 e. The molecule has 0 spiro atoms. The fourth-order valence-electron chi connectivity index (χ4n) is 14.9. The maximum atomic E-state index is 5.40. The Bertz CT molecular complexity index is 6560. The highest BCUT2D eigenvalue weighted by Gasteiger charge is 2.23. The summed E-state index contributed by atoms with van der Waals surface area (Å²) in [7, 11) is 0. The lowest BCUT2D eigenvalue weighted by atomic mass is 9.99. The molecule has 8 aromatic heterocycles. The lowest BCUT2D eigenvalue weighted by Crippen LogP contribution is -2.06. The summed E-state index contributed by atoms with van der Waals surface area (Å²) in [4.78, 5) is 36.1. The summed E-state index contributed by atoms with van der Waals surface area (Å²) < 4.78 is 9.09. The van der Waals surface area contributed by atoms with Gasteiger partial charge < -0.3 is 9.13 Å². The van der Waals surface area contributed by atoms with Crippen LogP contribution in [0.25, 0.3) is 189 Å². The maximum absolute atomic E-state index is 5.40. The van der Waals surface area contributed by atoms with Crippen LogP contribution >= 0.6 is 0 Å². The second kappa shape index (κ2) is 23.0. The van der Waals surface area contributed by atoms with Crippen molar-refractivity contribution in [3.63, 3.8) is 0 Å². The Labute approximate surface area is 573 Å². The number of benzene rings is 12. The first-order valence-corrected chi connectivity index (χ1v) is 33.5. The van der Waals surface area contributed by atoms with Crippen molar-refractivity contribution in [2.24, 2.45) is 0 Å². The topological polar surface area (TPSA) is 110 Å². The Morgan fingerprint density at radius 3 is 0.890 bits per heavy atom. The molecule has 0 amide bonds. The summed E-state index contributed by atoms with van der Waals surface area (Å²) in [6.07, 6.45) is 3.59. The van der Waals surface area contributed by atoms with Crippen LogP contribution in [0.15, 0.2) is 334 Å². The van der Waals surface area contributed by atoms with E-state index in [0.717, 1.165) is 122 Å². The van der Waals surface area contributed by atoms with Crippen molar-refractivity contribution in [2.45, 2.75) is 0 Å². The Morgan fingerprint density at radius 1 is 0.180 bits per heavy atom. The minimum atomic E-state index is 0.513. The van der Waals surface area contributed by atoms with Crippen LogP contribution in [0.1, 0.15) is 0 Å². The molecule has 466 valence electrons. The third-order valence-corrected chi connectivity index (χ3v) is 19.6. The van der Waals surface area contributed by atoms with Crippen molar-refractivity contribution in [1.29, 1.82) is 0 Å². The summed E-state index contributed by atoms with van der Waals surface area (Å²) >= 11 is 0. The van der Waals surface area contributed by atoms with Crippen molar-refractivity contribution in [3.8, 4) is 102 Å². The number of para-hydroxylation sites is 5. The largest absolute Gasteiger partial charge is 0.309 e. The molecule has 0 bridgehead atoms. The molecule has 0 unspecified atom stereocenters. The Hall–Kier alpha value is -13.8. The Balaban J connectivity index is 0.712. The van der Waals surface area contributed by atoms with Gasteiger partial charge in [-0.3, -0.25) is 19.1 Å². The first-order chi connectivity index (χ1) is 49.6. The maximum Gasteiger partial charge on any atom is 0.238 e. The molecule has 8 heterocycles. The molecule has 20 rings (SSSR count). The van der Waals surface area contributed by atoms with Gasteiger partial charge in [-0.2, -0.15) is 9.97 Å². The van der Waals surface area contributed by atoms with E-state index in [0.29, 0.717) is 34.9 Å². The van der Waals surface area contributed by atoms with Gasteiger partial charge in [0.25, 0.3) is 0 Å². The van der Waals surface area contributed by atoms with Crippen molar-refractivity contribution < 1.29 is 0 Å². The average molecular weight is 1280 g/mol. The molecule has 0 fully saturated rings. The summed E-state index contributed by atoms with van der Waals surface area (Å²) in [5.74, 6) is 2.19. The van der Waals surface area contributed by atoms with Crippen LogP contribution in [0.5, 0.6) is 0 Å². The highest BCUT2D eigenvalue weighted by atomic mass is 15.2. The van der Waals surface area contributed by atoms with Crippen LogP contribution in [0.4, 0.5) is 0 Å². The highest BCUT2D eigenvalue weighted by Crippen LogP contribution is 2.43. The molecular formula is C89H55N11. The number of fused-ring (bicyclic) bond motifs is 12. The van der Waals surface area contributed by atoms with Gasteiger partial charge in [0.1, 0.15) is 0 Å². The van der Waals surface area contributed by atoms with Crippen molar-refractivity contribution in [1.82, 2.24) is 53.2 Å². The fraction of sp³-hybridized carbons (Fsp3) is 0. The second-order valence-electron chi connectivity index (χ2n) is 25.3. The zero-order valence-corrected chi connectivity index (χ0v) is 53.7. The highest BCUT2D eigenvalue weighted by molar-refractivity contribution is 6.15. The molecule has 11 nitrogen and oxygen atoms in total. The van der Waals surface area contributed by atoms with E-state index in [4.69, 9.17) is 34.9 Å². The van der Waals surface area contributed by atoms with Crippen molar-refractivity contribution >= 4 is 87.2 Å². The van der Waals surface area contributed by atoms with E-state index in [1.807, 2.05) is 60.7 Å². The molecule has 0 aliphatic carbocycles. The molecule has 0 saturated heterocycles. The van der Waals surface area contributed by atoms with Gasteiger partial charge in [-0.25, -0.2) is 15.0 Å². The number of hydrogen-bond acceptors (Lipinski definition) is 7. The van der Waals surface area contributed by atoms with E-state index >= 15 is 0 Å². The van der Waals surface area contributed by atoms with E-state index in [1.54, 1.807) is 12.4 Å². The molecule has 0 saturated carbocycles. The van der Waals surface area contributed by atoms with Crippen LogP contribution in [-0.4, -0.2) is 53.2 Å². The van der Waals surface area contributed by atoms with Crippen molar-refractivity contribution in [3.05, 3.63) is 334 Å². The van der Waals surface area contributed by atoms with E-state index in [9.17, 15) is 0 Å². The first kappa shape index (κ1) is 56.6. The summed E-state index contributed by atoms with van der Waals surface area (Å²) in [6.45, 7) is 0. The quantitative estimate of drug-likeness (QED) is 0.127. The van der Waals surface area contributed by atoms with Crippen LogP contribution in [0, 0.1) is 0 Å². The van der Waals surface area contributed by atoms with Gasteiger partial charge in [0.15, 0.2) is 11.6 Å². The third-order valence-electron chi connectivity index (χ3n) is 19.6. The monoisotopic (exact) mass is 1280 g/mol. The van der Waals surface area contributed by atoms with Crippen LogP contribution in [-0.2, 0) is 0 Å². The van der Waals surface area contributed by atoms with Gasteiger partial charge in [0.05, 0.1) is 66.9 Å². The molecule has 100 heavy (non-hydrogen) atoms.